The fourth-order valence-corrected chi connectivity index (χ4v) is 6.70. The highest BCUT2D eigenvalue weighted by atomic mass is 16.1. The summed E-state index contributed by atoms with van der Waals surface area (Å²) in [6.07, 6.45) is 4.00. The Morgan fingerprint density at radius 3 is 2.59 bits per heavy atom. The first-order valence-corrected chi connectivity index (χ1v) is 11.9. The number of aryl methyl sites for hydroxylation is 1. The zero-order valence-corrected chi connectivity index (χ0v) is 18.8. The van der Waals surface area contributed by atoms with E-state index in [4.69, 9.17) is 0 Å². The maximum Gasteiger partial charge on any atom is 0.255 e. The Morgan fingerprint density at radius 1 is 0.938 bits per heavy atom. The van der Waals surface area contributed by atoms with E-state index >= 15 is 0 Å². The van der Waals surface area contributed by atoms with Crippen molar-refractivity contribution < 1.29 is 4.79 Å². The van der Waals surface area contributed by atoms with Gasteiger partial charge in [-0.1, -0.05) is 42.5 Å². The van der Waals surface area contributed by atoms with Crippen molar-refractivity contribution >= 4 is 17.3 Å². The van der Waals surface area contributed by atoms with Crippen LogP contribution in [-0.2, 0) is 0 Å². The van der Waals surface area contributed by atoms with Crippen LogP contribution in [0.15, 0.2) is 66.7 Å². The molecule has 2 saturated carbocycles. The Morgan fingerprint density at radius 2 is 1.75 bits per heavy atom. The highest BCUT2D eigenvalue weighted by molar-refractivity contribution is 6.05. The second kappa shape index (κ2) is 7.51. The third kappa shape index (κ3) is 3.06. The number of carbonyl (C=O) groups is 1. The van der Waals surface area contributed by atoms with Crippen molar-refractivity contribution in [2.24, 2.45) is 17.8 Å². The van der Waals surface area contributed by atoms with Gasteiger partial charge < -0.3 is 10.6 Å². The van der Waals surface area contributed by atoms with E-state index in [-0.39, 0.29) is 5.91 Å². The molecule has 6 rings (SSSR count). The minimum atomic E-state index is -0.0219. The predicted molar refractivity (Wildman–Crippen MR) is 130 cm³/mol. The van der Waals surface area contributed by atoms with Crippen molar-refractivity contribution in [2.45, 2.75) is 45.1 Å². The van der Waals surface area contributed by atoms with Gasteiger partial charge in [0, 0.05) is 16.9 Å². The molecule has 3 nitrogen and oxygen atoms in total. The summed E-state index contributed by atoms with van der Waals surface area (Å²) in [7, 11) is 0. The number of nitrogens with one attached hydrogen (secondary N) is 2. The summed E-state index contributed by atoms with van der Waals surface area (Å²) in [6.45, 7) is 4.14. The van der Waals surface area contributed by atoms with Gasteiger partial charge in [0.2, 0.25) is 0 Å². The molecule has 2 N–H and O–H groups in total. The number of hydrogen-bond donors (Lipinski definition) is 2. The SMILES string of the molecule is Cc1cccc(NC(=O)c2ccc3c(c2)[C@H]2[C@@H]4CC[C@@H](C4)[C@@H]2[C@H](c2ccccc2)N3)c1C. The van der Waals surface area contributed by atoms with Crippen molar-refractivity contribution in [1.82, 2.24) is 0 Å². The molecule has 0 radical (unpaired) electrons. The van der Waals surface area contributed by atoms with Gasteiger partial charge in [0.25, 0.3) is 5.91 Å². The largest absolute Gasteiger partial charge is 0.378 e. The molecule has 3 aromatic rings. The summed E-state index contributed by atoms with van der Waals surface area (Å²) in [4.78, 5) is 13.2. The summed E-state index contributed by atoms with van der Waals surface area (Å²) in [5, 5.41) is 7.01. The minimum Gasteiger partial charge on any atom is -0.378 e. The number of benzene rings is 3. The standard InChI is InChI=1S/C29H30N2O/c1-17-7-6-10-24(18(17)2)31-29(32)22-13-14-25-23(16-22)26-20-11-12-21(15-20)27(26)28(30-25)19-8-4-3-5-9-19/h3-10,13-14,16,20-21,26-28,30H,11-12,15H2,1-2H3,(H,31,32)/t20-,21+,26-,27+,28+/m1/s1. The molecule has 2 fully saturated rings. The van der Waals surface area contributed by atoms with Crippen LogP contribution in [0.5, 0.6) is 0 Å². The van der Waals surface area contributed by atoms with Crippen LogP contribution >= 0.6 is 0 Å². The number of amides is 1. The van der Waals surface area contributed by atoms with Gasteiger partial charge >= 0.3 is 0 Å². The highest BCUT2D eigenvalue weighted by Crippen LogP contribution is 2.63. The van der Waals surface area contributed by atoms with Gasteiger partial charge in [-0.2, -0.15) is 0 Å². The van der Waals surface area contributed by atoms with Crippen LogP contribution < -0.4 is 10.6 Å². The monoisotopic (exact) mass is 422 g/mol. The first kappa shape index (κ1) is 19.6. The van der Waals surface area contributed by atoms with Crippen molar-refractivity contribution in [2.75, 3.05) is 10.6 Å². The van der Waals surface area contributed by atoms with E-state index in [0.29, 0.717) is 17.9 Å². The van der Waals surface area contributed by atoms with Gasteiger partial charge in [0.15, 0.2) is 0 Å². The molecule has 3 aliphatic rings. The van der Waals surface area contributed by atoms with E-state index in [1.165, 1.54) is 41.6 Å². The lowest BCUT2D eigenvalue weighted by atomic mass is 9.68. The Kier molecular flexibility index (Phi) is 4.60. The lowest BCUT2D eigenvalue weighted by Crippen LogP contribution is -2.35. The Labute approximate surface area is 190 Å². The third-order valence-electron chi connectivity index (χ3n) is 8.36. The van der Waals surface area contributed by atoms with E-state index < -0.39 is 0 Å². The van der Waals surface area contributed by atoms with Gasteiger partial charge in [-0.25, -0.2) is 0 Å². The van der Waals surface area contributed by atoms with Crippen molar-refractivity contribution in [1.29, 1.82) is 0 Å². The summed E-state index contributed by atoms with van der Waals surface area (Å²) in [5.74, 6) is 2.66. The topological polar surface area (TPSA) is 41.1 Å². The van der Waals surface area contributed by atoms with Crippen LogP contribution in [0.3, 0.4) is 0 Å². The van der Waals surface area contributed by atoms with Gasteiger partial charge in [-0.3, -0.25) is 4.79 Å². The fourth-order valence-electron chi connectivity index (χ4n) is 6.70. The Balaban J connectivity index is 1.35. The predicted octanol–water partition coefficient (Wildman–Crippen LogP) is 6.85. The smallest absolute Gasteiger partial charge is 0.255 e. The number of rotatable bonds is 3. The highest BCUT2D eigenvalue weighted by Gasteiger charge is 2.53. The summed E-state index contributed by atoms with van der Waals surface area (Å²) in [5.41, 5.74) is 7.91. The molecule has 0 aromatic heterocycles. The first-order valence-electron chi connectivity index (χ1n) is 11.9. The zero-order chi connectivity index (χ0) is 21.8. The molecule has 1 heterocycles. The van der Waals surface area contributed by atoms with Crippen LogP contribution in [0.2, 0.25) is 0 Å². The van der Waals surface area contributed by atoms with Gasteiger partial charge in [-0.15, -0.1) is 0 Å². The molecule has 2 aliphatic carbocycles. The van der Waals surface area contributed by atoms with Crippen LogP contribution in [0.4, 0.5) is 11.4 Å². The van der Waals surface area contributed by atoms with E-state index in [0.717, 1.165) is 28.7 Å². The number of anilines is 2. The lowest BCUT2D eigenvalue weighted by Gasteiger charge is -2.43. The van der Waals surface area contributed by atoms with Crippen LogP contribution in [-0.4, -0.2) is 5.91 Å². The van der Waals surface area contributed by atoms with Crippen molar-refractivity contribution in [3.05, 3.63) is 94.5 Å². The van der Waals surface area contributed by atoms with Crippen LogP contribution in [0.1, 0.15) is 63.8 Å². The lowest BCUT2D eigenvalue weighted by molar-refractivity contribution is 0.102. The zero-order valence-electron chi connectivity index (χ0n) is 18.8. The molecule has 0 saturated heterocycles. The molecular formula is C29H30N2O. The maximum absolute atomic E-state index is 13.2. The molecule has 3 aromatic carbocycles. The van der Waals surface area contributed by atoms with Crippen LogP contribution in [0, 0.1) is 31.6 Å². The third-order valence-corrected chi connectivity index (χ3v) is 8.36. The number of hydrogen-bond acceptors (Lipinski definition) is 2. The molecule has 162 valence electrons. The van der Waals surface area contributed by atoms with Gasteiger partial charge in [-0.05, 0) is 103 Å². The molecule has 32 heavy (non-hydrogen) atoms. The maximum atomic E-state index is 13.2. The second-order valence-corrected chi connectivity index (χ2v) is 9.97. The average Bonchev–Trinajstić information content (AvgIpc) is 3.44. The molecule has 1 aliphatic heterocycles. The molecular weight excluding hydrogens is 392 g/mol. The van der Waals surface area contributed by atoms with Crippen molar-refractivity contribution in [3.8, 4) is 0 Å². The van der Waals surface area contributed by atoms with Crippen molar-refractivity contribution in [3.63, 3.8) is 0 Å². The van der Waals surface area contributed by atoms with Gasteiger partial charge in [0.05, 0.1) is 6.04 Å². The average molecular weight is 423 g/mol. The van der Waals surface area contributed by atoms with E-state index in [1.807, 2.05) is 18.2 Å². The molecule has 5 atom stereocenters. The normalized spacial score (nSPS) is 27.4. The molecule has 3 heteroatoms. The molecule has 0 spiro atoms. The Hall–Kier alpha value is -3.07. The summed E-state index contributed by atoms with van der Waals surface area (Å²) < 4.78 is 0. The van der Waals surface area contributed by atoms with Gasteiger partial charge in [0.1, 0.15) is 0 Å². The second-order valence-electron chi connectivity index (χ2n) is 9.97. The summed E-state index contributed by atoms with van der Waals surface area (Å²) in [6, 6.07) is 23.6. The first-order chi connectivity index (χ1) is 15.6. The van der Waals surface area contributed by atoms with E-state index in [9.17, 15) is 4.79 Å². The quantitative estimate of drug-likeness (QED) is 0.484. The van der Waals surface area contributed by atoms with Crippen LogP contribution in [0.25, 0.3) is 0 Å². The van der Waals surface area contributed by atoms with E-state index in [1.54, 1.807) is 0 Å². The molecule has 1 amide bonds. The Bertz CT molecular complexity index is 1190. The summed E-state index contributed by atoms with van der Waals surface area (Å²) >= 11 is 0. The molecule has 0 unspecified atom stereocenters. The van der Waals surface area contributed by atoms with E-state index in [2.05, 4.69) is 73.0 Å². The fraction of sp³-hybridized carbons (Fsp3) is 0.345. The number of carbonyl (C=O) groups excluding carboxylic acids is 1. The minimum absolute atomic E-state index is 0.0219. The molecule has 2 bridgehead atoms. The number of fused-ring (bicyclic) bond motifs is 7.